The normalized spacial score (nSPS) is 17.3. The van der Waals surface area contributed by atoms with Crippen LogP contribution in [0.5, 0.6) is 11.5 Å². The number of nitrogens with zero attached hydrogens (tertiary/aromatic N) is 2. The van der Waals surface area contributed by atoms with Crippen molar-refractivity contribution in [3.63, 3.8) is 0 Å². The van der Waals surface area contributed by atoms with Crippen LogP contribution in [0.2, 0.25) is 0 Å². The molecule has 1 aliphatic heterocycles. The van der Waals surface area contributed by atoms with E-state index in [0.717, 1.165) is 0 Å². The number of anilines is 1. The Bertz CT molecular complexity index is 1240. The Kier molecular flexibility index (Phi) is 6.46. The molecule has 1 saturated heterocycles. The van der Waals surface area contributed by atoms with Crippen LogP contribution in [0.25, 0.3) is 5.76 Å². The van der Waals surface area contributed by atoms with Crippen LogP contribution in [0.15, 0.2) is 77.0 Å². The number of hydrogen-bond acceptors (Lipinski definition) is 6. The maximum atomic E-state index is 13.2. The Morgan fingerprint density at radius 2 is 1.97 bits per heavy atom. The molecule has 0 saturated carbocycles. The largest absolute Gasteiger partial charge is 0.507 e. The van der Waals surface area contributed by atoms with Crippen molar-refractivity contribution in [2.45, 2.75) is 13.0 Å². The molecule has 0 spiro atoms. The molecule has 0 aliphatic carbocycles. The number of benzene rings is 2. The lowest BCUT2D eigenvalue weighted by Crippen LogP contribution is -2.29. The van der Waals surface area contributed by atoms with E-state index in [1.807, 2.05) is 6.92 Å². The number of halogens is 1. The van der Waals surface area contributed by atoms with E-state index in [9.17, 15) is 14.7 Å². The minimum atomic E-state index is -0.864. The molecule has 1 N–H and O–H groups in total. The van der Waals surface area contributed by atoms with Crippen LogP contribution in [-0.4, -0.2) is 35.5 Å². The van der Waals surface area contributed by atoms with Gasteiger partial charge >= 0.3 is 0 Å². The zero-order valence-electron chi connectivity index (χ0n) is 18.0. The smallest absolute Gasteiger partial charge is 0.300 e. The van der Waals surface area contributed by atoms with Crippen LogP contribution in [-0.2, 0) is 9.59 Å². The number of rotatable bonds is 6. The summed E-state index contributed by atoms with van der Waals surface area (Å²) in [5.41, 5.74) is 1.42. The number of carbonyl (C=O) groups is 2. The molecule has 0 radical (unpaired) electrons. The molecular weight excluding hydrogens is 488 g/mol. The molecule has 3 aromatic rings. The van der Waals surface area contributed by atoms with Crippen molar-refractivity contribution in [3.8, 4) is 11.5 Å². The van der Waals surface area contributed by atoms with E-state index in [2.05, 4.69) is 20.9 Å². The van der Waals surface area contributed by atoms with Gasteiger partial charge in [0.2, 0.25) is 0 Å². The van der Waals surface area contributed by atoms with E-state index in [1.54, 1.807) is 67.0 Å². The number of pyridine rings is 1. The van der Waals surface area contributed by atoms with E-state index >= 15 is 0 Å². The summed E-state index contributed by atoms with van der Waals surface area (Å²) in [7, 11) is 1.53. The van der Waals surface area contributed by atoms with Crippen molar-refractivity contribution in [3.05, 3.63) is 88.2 Å². The third kappa shape index (κ3) is 4.21. The van der Waals surface area contributed by atoms with E-state index in [4.69, 9.17) is 9.47 Å². The number of Topliss-reactive ketones (excluding diaryl/α,β-unsaturated/α-hetero) is 1. The number of carbonyl (C=O) groups excluding carboxylic acids is 2. The van der Waals surface area contributed by atoms with Gasteiger partial charge in [0.15, 0.2) is 0 Å². The Morgan fingerprint density at radius 1 is 1.15 bits per heavy atom. The van der Waals surface area contributed by atoms with Gasteiger partial charge in [-0.25, -0.2) is 0 Å². The van der Waals surface area contributed by atoms with E-state index in [0.29, 0.717) is 39.4 Å². The average molecular weight is 509 g/mol. The van der Waals surface area contributed by atoms with Crippen LogP contribution < -0.4 is 14.4 Å². The number of aliphatic hydroxyl groups excluding tert-OH is 1. The number of ether oxygens (including phenoxy) is 2. The summed E-state index contributed by atoms with van der Waals surface area (Å²) >= 11 is 3.40. The first-order valence-electron chi connectivity index (χ1n) is 10.2. The number of ketones is 1. The van der Waals surface area contributed by atoms with Crippen molar-refractivity contribution in [1.82, 2.24) is 4.98 Å². The van der Waals surface area contributed by atoms with Gasteiger partial charge in [-0.2, -0.15) is 0 Å². The highest BCUT2D eigenvalue weighted by Gasteiger charge is 2.47. The Hall–Kier alpha value is -3.65. The van der Waals surface area contributed by atoms with Gasteiger partial charge in [-0.1, -0.05) is 12.1 Å². The van der Waals surface area contributed by atoms with E-state index in [-0.39, 0.29) is 11.3 Å². The molecule has 0 bridgehead atoms. The highest BCUT2D eigenvalue weighted by Crippen LogP contribution is 2.43. The summed E-state index contributed by atoms with van der Waals surface area (Å²) in [4.78, 5) is 31.9. The molecule has 33 heavy (non-hydrogen) atoms. The first kappa shape index (κ1) is 22.5. The maximum absolute atomic E-state index is 13.2. The van der Waals surface area contributed by atoms with Crippen LogP contribution in [0.3, 0.4) is 0 Å². The van der Waals surface area contributed by atoms with Gasteiger partial charge in [0.25, 0.3) is 11.7 Å². The summed E-state index contributed by atoms with van der Waals surface area (Å²) in [6.45, 7) is 2.32. The van der Waals surface area contributed by atoms with Gasteiger partial charge in [0.05, 0.1) is 29.8 Å². The molecule has 1 unspecified atom stereocenters. The minimum Gasteiger partial charge on any atom is -0.507 e. The molecule has 4 rings (SSSR count). The molecule has 1 aromatic heterocycles. The molecule has 1 atom stereocenters. The van der Waals surface area contributed by atoms with Crippen molar-refractivity contribution in [1.29, 1.82) is 0 Å². The minimum absolute atomic E-state index is 0.0214. The lowest BCUT2D eigenvalue weighted by molar-refractivity contribution is -0.132. The molecule has 7 nitrogen and oxygen atoms in total. The lowest BCUT2D eigenvalue weighted by atomic mass is 9.96. The summed E-state index contributed by atoms with van der Waals surface area (Å²) < 4.78 is 11.4. The fraction of sp³-hybridized carbons (Fsp3) is 0.160. The summed E-state index contributed by atoms with van der Waals surface area (Å²) in [6, 6.07) is 14.5. The topological polar surface area (TPSA) is 89.0 Å². The fourth-order valence-electron chi connectivity index (χ4n) is 3.81. The molecule has 1 fully saturated rings. The third-order valence-corrected chi connectivity index (χ3v) is 5.90. The zero-order valence-corrected chi connectivity index (χ0v) is 19.6. The average Bonchev–Trinajstić information content (AvgIpc) is 3.10. The molecule has 2 heterocycles. The molecule has 168 valence electrons. The van der Waals surface area contributed by atoms with Crippen molar-refractivity contribution in [2.75, 3.05) is 18.6 Å². The number of methoxy groups -OCH3 is 1. The van der Waals surface area contributed by atoms with Crippen molar-refractivity contribution in [2.24, 2.45) is 0 Å². The predicted octanol–water partition coefficient (Wildman–Crippen LogP) is 4.88. The van der Waals surface area contributed by atoms with Gasteiger partial charge in [-0.3, -0.25) is 19.5 Å². The molecule has 1 aliphatic rings. The van der Waals surface area contributed by atoms with Crippen LogP contribution in [0.4, 0.5) is 5.69 Å². The molecule has 2 aromatic carbocycles. The van der Waals surface area contributed by atoms with Crippen LogP contribution >= 0.6 is 15.9 Å². The Balaban J connectivity index is 1.91. The second kappa shape index (κ2) is 9.46. The van der Waals surface area contributed by atoms with E-state index < -0.39 is 17.7 Å². The van der Waals surface area contributed by atoms with Crippen LogP contribution in [0.1, 0.15) is 24.1 Å². The number of hydrogen-bond donors (Lipinski definition) is 1. The fourth-order valence-corrected chi connectivity index (χ4v) is 4.35. The first-order valence-corrected chi connectivity index (χ1v) is 11.0. The number of aliphatic hydroxyl groups is 1. The van der Waals surface area contributed by atoms with Crippen LogP contribution in [0, 0.1) is 0 Å². The number of aromatic nitrogens is 1. The standard InChI is InChI=1S/C25H21BrN2O5/c1-3-33-18-8-4-7-17(13-18)28-22(16-6-5-11-27-14-16)21(24(30)25(28)31)23(29)15-9-10-20(32-2)19(26)12-15/h4-14,22,29H,3H2,1-2H3/b23-21+. The third-order valence-electron chi connectivity index (χ3n) is 5.28. The highest BCUT2D eigenvalue weighted by atomic mass is 79.9. The Morgan fingerprint density at radius 3 is 2.64 bits per heavy atom. The summed E-state index contributed by atoms with van der Waals surface area (Å²) in [6.07, 6.45) is 3.18. The van der Waals surface area contributed by atoms with Crippen molar-refractivity contribution >= 4 is 39.1 Å². The zero-order chi connectivity index (χ0) is 23.5. The lowest BCUT2D eigenvalue weighted by Gasteiger charge is -2.25. The highest BCUT2D eigenvalue weighted by molar-refractivity contribution is 9.10. The number of amides is 1. The molecular formula is C25H21BrN2O5. The Labute approximate surface area is 199 Å². The first-order chi connectivity index (χ1) is 16.0. The summed E-state index contributed by atoms with van der Waals surface area (Å²) in [5, 5.41) is 11.2. The molecule has 8 heteroatoms. The van der Waals surface area contributed by atoms with Gasteiger partial charge < -0.3 is 14.6 Å². The van der Waals surface area contributed by atoms with Gasteiger partial charge in [-0.05, 0) is 64.8 Å². The second-order valence-electron chi connectivity index (χ2n) is 7.24. The predicted molar refractivity (Wildman–Crippen MR) is 127 cm³/mol. The maximum Gasteiger partial charge on any atom is 0.300 e. The van der Waals surface area contributed by atoms with E-state index in [1.165, 1.54) is 12.0 Å². The second-order valence-corrected chi connectivity index (χ2v) is 8.09. The van der Waals surface area contributed by atoms with Crippen molar-refractivity contribution < 1.29 is 24.2 Å². The molecule has 1 amide bonds. The van der Waals surface area contributed by atoms with Gasteiger partial charge in [-0.15, -0.1) is 0 Å². The quantitative estimate of drug-likeness (QED) is 0.290. The van der Waals surface area contributed by atoms with Gasteiger partial charge in [0.1, 0.15) is 17.3 Å². The van der Waals surface area contributed by atoms with Gasteiger partial charge in [0, 0.05) is 29.7 Å². The summed E-state index contributed by atoms with van der Waals surface area (Å²) in [5.74, 6) is -0.666. The monoisotopic (exact) mass is 508 g/mol. The SMILES string of the molecule is CCOc1cccc(N2C(=O)C(=O)/C(=C(/O)c3ccc(OC)c(Br)c3)C2c2cccnc2)c1.